The molecule has 0 saturated heterocycles. The minimum atomic E-state index is -0.220. The van der Waals surface area contributed by atoms with Crippen LogP contribution in [0.2, 0.25) is 0 Å². The van der Waals surface area contributed by atoms with Gasteiger partial charge in [0.25, 0.3) is 5.56 Å². The van der Waals surface area contributed by atoms with E-state index >= 15 is 0 Å². The summed E-state index contributed by atoms with van der Waals surface area (Å²) in [5.41, 5.74) is 3.95. The third kappa shape index (κ3) is 2.87. The molecule has 2 heterocycles. The summed E-state index contributed by atoms with van der Waals surface area (Å²) in [6, 6.07) is 5.86. The summed E-state index contributed by atoms with van der Waals surface area (Å²) in [7, 11) is 0. The van der Waals surface area contributed by atoms with Gasteiger partial charge in [0.05, 0.1) is 11.7 Å². The fourth-order valence-corrected chi connectivity index (χ4v) is 4.65. The smallest absolute Gasteiger partial charge is 0.262 e. The molecule has 3 aromatic rings. The summed E-state index contributed by atoms with van der Waals surface area (Å²) in [6.45, 7) is 3.94. The van der Waals surface area contributed by atoms with Crippen LogP contribution in [0.4, 0.5) is 5.69 Å². The Morgan fingerprint density at radius 3 is 2.96 bits per heavy atom. The van der Waals surface area contributed by atoms with Crippen molar-refractivity contribution in [1.82, 2.24) is 9.55 Å². The number of rotatable bonds is 3. The zero-order chi connectivity index (χ0) is 17.6. The maximum Gasteiger partial charge on any atom is 0.262 e. The largest absolute Gasteiger partial charge is 0.324 e. The Morgan fingerprint density at radius 2 is 2.16 bits per heavy atom. The highest BCUT2D eigenvalue weighted by Crippen LogP contribution is 2.34. The fraction of sp³-hybridized carbons (Fsp3) is 0.316. The number of aromatic nitrogens is 2. The van der Waals surface area contributed by atoms with Crippen molar-refractivity contribution in [3.05, 3.63) is 56.4 Å². The summed E-state index contributed by atoms with van der Waals surface area (Å²) in [5.74, 6) is -0.220. The molecule has 0 spiro atoms. The van der Waals surface area contributed by atoms with Gasteiger partial charge in [-0.15, -0.1) is 11.3 Å². The first-order valence-corrected chi connectivity index (χ1v) is 9.21. The van der Waals surface area contributed by atoms with Crippen molar-refractivity contribution in [2.24, 2.45) is 0 Å². The number of carbonyl (C=O) groups excluding carboxylic acids is 1. The third-order valence-corrected chi connectivity index (χ3v) is 5.86. The molecule has 0 aliphatic heterocycles. The molecular weight excluding hydrogens is 334 g/mol. The Hall–Kier alpha value is -2.47. The molecule has 0 unspecified atom stereocenters. The zero-order valence-corrected chi connectivity index (χ0v) is 15.1. The number of thiophene rings is 1. The number of anilines is 1. The van der Waals surface area contributed by atoms with Gasteiger partial charge in [-0.1, -0.05) is 17.7 Å². The Bertz CT molecular complexity index is 1050. The predicted octanol–water partition coefficient (Wildman–Crippen LogP) is 3.20. The van der Waals surface area contributed by atoms with Crippen LogP contribution in [0.25, 0.3) is 10.2 Å². The average Bonchev–Trinajstić information content (AvgIpc) is 3.13. The molecule has 4 rings (SSSR count). The van der Waals surface area contributed by atoms with Crippen molar-refractivity contribution in [2.45, 2.75) is 39.7 Å². The van der Waals surface area contributed by atoms with Crippen molar-refractivity contribution in [1.29, 1.82) is 0 Å². The number of benzene rings is 1. The van der Waals surface area contributed by atoms with E-state index in [0.717, 1.165) is 46.5 Å². The van der Waals surface area contributed by atoms with Crippen LogP contribution in [-0.2, 0) is 24.2 Å². The quantitative estimate of drug-likeness (QED) is 0.786. The van der Waals surface area contributed by atoms with E-state index in [-0.39, 0.29) is 18.0 Å². The first-order valence-electron chi connectivity index (χ1n) is 8.40. The number of hydrogen-bond donors (Lipinski definition) is 1. The molecule has 0 radical (unpaired) electrons. The van der Waals surface area contributed by atoms with Crippen LogP contribution in [0.1, 0.15) is 28.0 Å². The first-order chi connectivity index (χ1) is 12.0. The standard InChI is InChI=1S/C19H19N3O2S/c1-11-6-7-14(12(2)8-11)21-16(23)9-22-10-20-18-17(19(22)24)13-4-3-5-15(13)25-18/h6-8,10H,3-5,9H2,1-2H3,(H,21,23). The average molecular weight is 353 g/mol. The van der Waals surface area contributed by atoms with Crippen molar-refractivity contribution in [3.63, 3.8) is 0 Å². The number of carbonyl (C=O) groups is 1. The summed E-state index contributed by atoms with van der Waals surface area (Å²) < 4.78 is 1.41. The van der Waals surface area contributed by atoms with Crippen LogP contribution in [0.15, 0.2) is 29.3 Å². The molecule has 25 heavy (non-hydrogen) atoms. The first kappa shape index (κ1) is 16.0. The van der Waals surface area contributed by atoms with Gasteiger partial charge in [0.2, 0.25) is 5.91 Å². The third-order valence-electron chi connectivity index (χ3n) is 4.66. The molecule has 2 aromatic heterocycles. The summed E-state index contributed by atoms with van der Waals surface area (Å²) in [5, 5.41) is 3.59. The van der Waals surface area contributed by atoms with Crippen LogP contribution in [0.3, 0.4) is 0 Å². The van der Waals surface area contributed by atoms with Gasteiger partial charge in [0, 0.05) is 10.6 Å². The number of fused-ring (bicyclic) bond motifs is 3. The zero-order valence-electron chi connectivity index (χ0n) is 14.3. The fourth-order valence-electron chi connectivity index (χ4n) is 3.43. The van der Waals surface area contributed by atoms with Gasteiger partial charge in [-0.05, 0) is 50.3 Å². The van der Waals surface area contributed by atoms with Crippen molar-refractivity contribution in [3.8, 4) is 0 Å². The lowest BCUT2D eigenvalue weighted by molar-refractivity contribution is -0.116. The second kappa shape index (κ2) is 6.11. The maximum atomic E-state index is 12.8. The molecule has 6 heteroatoms. The van der Waals surface area contributed by atoms with Crippen LogP contribution < -0.4 is 10.9 Å². The monoisotopic (exact) mass is 353 g/mol. The van der Waals surface area contributed by atoms with Crippen molar-refractivity contribution in [2.75, 3.05) is 5.32 Å². The van der Waals surface area contributed by atoms with Gasteiger partial charge < -0.3 is 5.32 Å². The maximum absolute atomic E-state index is 12.8. The lowest BCUT2D eigenvalue weighted by atomic mass is 10.1. The molecule has 128 valence electrons. The highest BCUT2D eigenvalue weighted by molar-refractivity contribution is 7.18. The Kier molecular flexibility index (Phi) is 3.92. The summed E-state index contributed by atoms with van der Waals surface area (Å²) >= 11 is 1.61. The van der Waals surface area contributed by atoms with Gasteiger partial charge in [-0.25, -0.2) is 4.98 Å². The molecule has 1 aliphatic rings. The molecule has 1 aromatic carbocycles. The minimum absolute atomic E-state index is 0.0281. The van der Waals surface area contributed by atoms with E-state index in [1.54, 1.807) is 11.3 Å². The van der Waals surface area contributed by atoms with Crippen LogP contribution >= 0.6 is 11.3 Å². The molecule has 0 atom stereocenters. The SMILES string of the molecule is Cc1ccc(NC(=O)Cn2cnc3sc4c(c3c2=O)CCC4)c(C)c1. The van der Waals surface area contributed by atoms with E-state index in [2.05, 4.69) is 10.3 Å². The van der Waals surface area contributed by atoms with Crippen molar-refractivity contribution < 1.29 is 4.79 Å². The minimum Gasteiger partial charge on any atom is -0.324 e. The van der Waals surface area contributed by atoms with Crippen molar-refractivity contribution >= 4 is 33.1 Å². The van der Waals surface area contributed by atoms with E-state index in [1.807, 2.05) is 32.0 Å². The molecule has 5 nitrogen and oxygen atoms in total. The Balaban J connectivity index is 1.61. The Labute approximate surface area is 149 Å². The Morgan fingerprint density at radius 1 is 1.32 bits per heavy atom. The summed E-state index contributed by atoms with van der Waals surface area (Å²) in [4.78, 5) is 31.6. The van der Waals surface area contributed by atoms with Crippen LogP contribution in [-0.4, -0.2) is 15.5 Å². The number of aryl methyl sites for hydroxylation is 4. The van der Waals surface area contributed by atoms with E-state index in [9.17, 15) is 9.59 Å². The van der Waals surface area contributed by atoms with Crippen LogP contribution in [0.5, 0.6) is 0 Å². The van der Waals surface area contributed by atoms with Gasteiger partial charge >= 0.3 is 0 Å². The summed E-state index contributed by atoms with van der Waals surface area (Å²) in [6.07, 6.45) is 4.55. The van der Waals surface area contributed by atoms with E-state index in [4.69, 9.17) is 0 Å². The van der Waals surface area contributed by atoms with Gasteiger partial charge in [0.1, 0.15) is 11.4 Å². The molecule has 0 bridgehead atoms. The topological polar surface area (TPSA) is 64.0 Å². The molecule has 1 aliphatic carbocycles. The molecular formula is C19H19N3O2S. The predicted molar refractivity (Wildman–Crippen MR) is 100 cm³/mol. The number of nitrogens with zero attached hydrogens (tertiary/aromatic N) is 2. The van der Waals surface area contributed by atoms with Gasteiger partial charge in [-0.3, -0.25) is 14.2 Å². The number of nitrogens with one attached hydrogen (secondary N) is 1. The highest BCUT2D eigenvalue weighted by atomic mass is 32.1. The number of amides is 1. The second-order valence-electron chi connectivity index (χ2n) is 6.58. The molecule has 1 amide bonds. The van der Waals surface area contributed by atoms with Gasteiger partial charge in [-0.2, -0.15) is 0 Å². The normalized spacial score (nSPS) is 13.2. The van der Waals surface area contributed by atoms with Gasteiger partial charge in [0.15, 0.2) is 0 Å². The number of hydrogen-bond acceptors (Lipinski definition) is 4. The molecule has 1 N–H and O–H groups in total. The highest BCUT2D eigenvalue weighted by Gasteiger charge is 2.21. The van der Waals surface area contributed by atoms with Crippen LogP contribution in [0, 0.1) is 13.8 Å². The molecule has 0 fully saturated rings. The second-order valence-corrected chi connectivity index (χ2v) is 7.67. The van der Waals surface area contributed by atoms with E-state index in [0.29, 0.717) is 5.39 Å². The van der Waals surface area contributed by atoms with E-state index in [1.165, 1.54) is 15.8 Å². The lowest BCUT2D eigenvalue weighted by Crippen LogP contribution is -2.28. The lowest BCUT2D eigenvalue weighted by Gasteiger charge is -2.10. The van der Waals surface area contributed by atoms with E-state index < -0.39 is 0 Å². The molecule has 0 saturated carbocycles.